The average Bonchev–Trinajstić information content (AvgIpc) is 3.24. The van der Waals surface area contributed by atoms with E-state index in [1.165, 1.54) is 27.8 Å². The Morgan fingerprint density at radius 3 is 1.86 bits per heavy atom. The Morgan fingerprint density at radius 2 is 1.23 bits per heavy atom. The van der Waals surface area contributed by atoms with Crippen molar-refractivity contribution in [1.29, 1.82) is 5.26 Å². The lowest BCUT2D eigenvalue weighted by Crippen LogP contribution is -2.16. The fourth-order valence-corrected chi connectivity index (χ4v) is 6.70. The van der Waals surface area contributed by atoms with E-state index >= 15 is 0 Å². The van der Waals surface area contributed by atoms with Crippen LogP contribution in [0.1, 0.15) is 62.8 Å². The molecule has 7 rings (SSSR count). The van der Waals surface area contributed by atoms with Gasteiger partial charge in [-0.3, -0.25) is 4.99 Å². The van der Waals surface area contributed by atoms with Gasteiger partial charge >= 0.3 is 0 Å². The van der Waals surface area contributed by atoms with Gasteiger partial charge in [0.1, 0.15) is 6.07 Å². The molecule has 0 aliphatic heterocycles. The minimum absolute atomic E-state index is 0.165. The lowest BCUT2D eigenvalue weighted by Gasteiger charge is -2.15. The largest absolute Gasteiger partial charge is 0.324 e. The summed E-state index contributed by atoms with van der Waals surface area (Å²) in [5.41, 5.74) is 20.7. The third kappa shape index (κ3) is 10.9. The third-order valence-electron chi connectivity index (χ3n) is 9.70. The Kier molecular flexibility index (Phi) is 15.3. The number of nitrogens with zero attached hydrogens (tertiary/aromatic N) is 2. The van der Waals surface area contributed by atoms with Crippen LogP contribution < -0.4 is 5.73 Å². The van der Waals surface area contributed by atoms with Crippen molar-refractivity contribution in [3.05, 3.63) is 204 Å². The predicted molar refractivity (Wildman–Crippen MR) is 241 cm³/mol. The molecule has 3 nitrogen and oxygen atoms in total. The molecule has 1 aliphatic rings. The zero-order valence-electron chi connectivity index (χ0n) is 33.4. The smallest absolute Gasteiger partial charge is 0.100 e. The maximum Gasteiger partial charge on any atom is 0.100 e. The van der Waals surface area contributed by atoms with Crippen molar-refractivity contribution in [1.82, 2.24) is 0 Å². The van der Waals surface area contributed by atoms with Gasteiger partial charge in [-0.05, 0) is 119 Å². The number of hydrogen-bond donors (Lipinski definition) is 1. The highest BCUT2D eigenvalue weighted by Gasteiger charge is 2.15. The second-order valence-corrected chi connectivity index (χ2v) is 13.6. The molecule has 0 amide bonds. The standard InChI is InChI=1S/C41H32N2.C10H15N.C2H6/c1-29-23-34(32-15-8-4-9-16-32)21-22-39(29)37-24-36(33-17-10-5-11-18-33)25-38(26-37)40-20-12-19-35(41(40)27-42)28-43-30(2)31-13-6-3-7-14-31;1-9(11)10-7-5-3-2-4-6-8-10;1-2/h3-26H,28H2,1-2H3;2-3,6-9H,4-5,11H2,1H3;1-2H3/b;3-2-,8-6-,10-7+;. The predicted octanol–water partition coefficient (Wildman–Crippen LogP) is 13.7. The summed E-state index contributed by atoms with van der Waals surface area (Å²) in [6.07, 6.45) is 12.8. The Morgan fingerprint density at radius 1 is 0.643 bits per heavy atom. The lowest BCUT2D eigenvalue weighted by molar-refractivity contribution is 0.877. The molecule has 0 saturated carbocycles. The number of aliphatic imine (C=N–C) groups is 1. The monoisotopic (exact) mass is 731 g/mol. The Bertz CT molecular complexity index is 2340. The van der Waals surface area contributed by atoms with Crippen LogP contribution in [0.4, 0.5) is 0 Å². The molecule has 1 unspecified atom stereocenters. The van der Waals surface area contributed by atoms with Gasteiger partial charge in [0, 0.05) is 11.8 Å². The summed E-state index contributed by atoms with van der Waals surface area (Å²) in [6.45, 7) is 10.7. The number of benzene rings is 6. The van der Waals surface area contributed by atoms with Crippen molar-refractivity contribution < 1.29 is 0 Å². The lowest BCUT2D eigenvalue weighted by atomic mass is 9.88. The van der Waals surface area contributed by atoms with E-state index in [2.05, 4.69) is 147 Å². The molecule has 0 spiro atoms. The van der Waals surface area contributed by atoms with Crippen molar-refractivity contribution in [2.24, 2.45) is 10.7 Å². The summed E-state index contributed by atoms with van der Waals surface area (Å²) in [7, 11) is 0. The van der Waals surface area contributed by atoms with Crippen LogP contribution >= 0.6 is 0 Å². The fraction of sp³-hybridized carbons (Fsp3) is 0.170. The van der Waals surface area contributed by atoms with Gasteiger partial charge in [0.25, 0.3) is 0 Å². The fourth-order valence-electron chi connectivity index (χ4n) is 6.70. The maximum absolute atomic E-state index is 10.4. The molecule has 0 bridgehead atoms. The molecule has 6 aromatic carbocycles. The molecule has 2 N–H and O–H groups in total. The summed E-state index contributed by atoms with van der Waals surface area (Å²) in [5, 5.41) is 10.4. The van der Waals surface area contributed by atoms with Crippen molar-refractivity contribution in [2.75, 3.05) is 0 Å². The number of nitriles is 1. The normalized spacial score (nSPS) is 14.8. The van der Waals surface area contributed by atoms with Gasteiger partial charge < -0.3 is 5.73 Å². The Balaban J connectivity index is 0.000000396. The Labute approximate surface area is 334 Å². The van der Waals surface area contributed by atoms with Crippen molar-refractivity contribution in [3.8, 4) is 50.6 Å². The molecule has 6 aromatic rings. The molecule has 0 saturated heterocycles. The van der Waals surface area contributed by atoms with Crippen molar-refractivity contribution in [2.45, 2.75) is 60.0 Å². The highest BCUT2D eigenvalue weighted by Crippen LogP contribution is 2.37. The minimum Gasteiger partial charge on any atom is -0.324 e. The highest BCUT2D eigenvalue weighted by molar-refractivity contribution is 5.98. The maximum atomic E-state index is 10.4. The van der Waals surface area contributed by atoms with Gasteiger partial charge in [-0.1, -0.05) is 172 Å². The molecular formula is C53H53N3. The number of hydrogen-bond acceptors (Lipinski definition) is 3. The molecule has 56 heavy (non-hydrogen) atoms. The van der Waals surface area contributed by atoms with Gasteiger partial charge in [0.05, 0.1) is 12.1 Å². The molecule has 280 valence electrons. The summed E-state index contributed by atoms with van der Waals surface area (Å²) in [5.74, 6) is 0. The number of allylic oxidation sites excluding steroid dienone is 4. The van der Waals surface area contributed by atoms with Crippen LogP contribution in [0.3, 0.4) is 0 Å². The van der Waals surface area contributed by atoms with Gasteiger partial charge in [-0.15, -0.1) is 0 Å². The molecule has 3 heteroatoms. The van der Waals surface area contributed by atoms with E-state index in [-0.39, 0.29) is 6.04 Å². The molecule has 0 aromatic heterocycles. The van der Waals surface area contributed by atoms with Crippen LogP contribution in [0.5, 0.6) is 0 Å². The van der Waals surface area contributed by atoms with E-state index in [1.54, 1.807) is 0 Å². The first kappa shape index (κ1) is 40.8. The molecule has 0 radical (unpaired) electrons. The highest BCUT2D eigenvalue weighted by atomic mass is 14.7. The van der Waals surface area contributed by atoms with Crippen LogP contribution in [-0.2, 0) is 6.54 Å². The number of aryl methyl sites for hydroxylation is 1. The van der Waals surface area contributed by atoms with Crippen LogP contribution in [0, 0.1) is 18.3 Å². The molecular weight excluding hydrogens is 679 g/mol. The summed E-state index contributed by atoms with van der Waals surface area (Å²) in [6, 6.07) is 53.2. The average molecular weight is 732 g/mol. The van der Waals surface area contributed by atoms with Gasteiger partial charge in [0.15, 0.2) is 0 Å². The SMILES string of the molecule is CC.CC(=NCc1cccc(-c2cc(-c3ccccc3)cc(-c3ccc(-c4ccccc4)cc3C)c2)c1C#N)c1ccccc1.CC(N)C1=C/C/C=C\C/C=C\1. The topological polar surface area (TPSA) is 62.2 Å². The zero-order valence-corrected chi connectivity index (χ0v) is 33.4. The number of nitrogens with two attached hydrogens (primary N) is 1. The van der Waals surface area contributed by atoms with E-state index in [4.69, 9.17) is 10.7 Å². The van der Waals surface area contributed by atoms with E-state index in [1.807, 2.05) is 70.2 Å². The molecule has 0 heterocycles. The van der Waals surface area contributed by atoms with E-state index in [0.717, 1.165) is 57.5 Å². The van der Waals surface area contributed by atoms with Crippen molar-refractivity contribution >= 4 is 5.71 Å². The van der Waals surface area contributed by atoms with Crippen LogP contribution in [0.15, 0.2) is 187 Å². The van der Waals surface area contributed by atoms with Crippen molar-refractivity contribution in [3.63, 3.8) is 0 Å². The van der Waals surface area contributed by atoms with Crippen LogP contribution in [0.2, 0.25) is 0 Å². The van der Waals surface area contributed by atoms with E-state index < -0.39 is 0 Å². The quantitative estimate of drug-likeness (QED) is 0.125. The van der Waals surface area contributed by atoms with Gasteiger partial charge in [0.2, 0.25) is 0 Å². The number of rotatable bonds is 8. The molecule has 0 fully saturated rings. The zero-order chi connectivity index (χ0) is 39.7. The van der Waals surface area contributed by atoms with Crippen LogP contribution in [-0.4, -0.2) is 11.8 Å². The summed E-state index contributed by atoms with van der Waals surface area (Å²) < 4.78 is 0. The van der Waals surface area contributed by atoms with Gasteiger partial charge in [-0.25, -0.2) is 0 Å². The van der Waals surface area contributed by atoms with E-state index in [0.29, 0.717) is 12.1 Å². The first-order valence-electron chi connectivity index (χ1n) is 19.6. The first-order chi connectivity index (χ1) is 27.4. The Hall–Kier alpha value is -6.34. The van der Waals surface area contributed by atoms with Crippen LogP contribution in [0.25, 0.3) is 44.5 Å². The summed E-state index contributed by atoms with van der Waals surface area (Å²) in [4.78, 5) is 4.85. The molecule has 1 aliphatic carbocycles. The minimum atomic E-state index is 0.165. The van der Waals surface area contributed by atoms with E-state index in [9.17, 15) is 5.26 Å². The second kappa shape index (κ2) is 20.9. The summed E-state index contributed by atoms with van der Waals surface area (Å²) >= 11 is 0. The van der Waals surface area contributed by atoms with Gasteiger partial charge in [-0.2, -0.15) is 5.26 Å². The second-order valence-electron chi connectivity index (χ2n) is 13.6. The third-order valence-corrected chi connectivity index (χ3v) is 9.70. The molecule has 1 atom stereocenters. The first-order valence-corrected chi connectivity index (χ1v) is 19.6.